The number of sulfonamides is 1. The highest BCUT2D eigenvalue weighted by molar-refractivity contribution is 7.89. The van der Waals surface area contributed by atoms with Gasteiger partial charge in [-0.25, -0.2) is 18.1 Å². The Hall–Kier alpha value is -3.64. The SMILES string of the molecule is CCOC(=O)c1ccc(N2C(=O)CC(N(CC(OC)OC)S(=O)(=O)c3ccc4ccccc4c3)C2=O)cc1. The number of fused-ring (bicyclic) bond motifs is 1. The summed E-state index contributed by atoms with van der Waals surface area (Å²) in [7, 11) is -1.55. The topological polar surface area (TPSA) is 120 Å². The molecule has 1 saturated heterocycles. The molecule has 1 fully saturated rings. The number of carbonyl (C=O) groups excluding carboxylic acids is 3. The van der Waals surface area contributed by atoms with Crippen LogP contribution in [0.3, 0.4) is 0 Å². The Kier molecular flexibility index (Phi) is 8.22. The summed E-state index contributed by atoms with van der Waals surface area (Å²) in [6.45, 7) is 1.57. The standard InChI is InChI=1S/C27H28N2O8S/c1-4-37-27(32)19-9-12-21(13-10-19)29-24(30)16-23(26(29)31)28(17-25(35-2)36-3)38(33,34)22-14-11-18-7-5-6-8-20(18)15-22/h5-15,23,25H,4,16-17H2,1-3H3. The number of esters is 1. The zero-order chi connectivity index (χ0) is 27.4. The minimum absolute atomic E-state index is 0.0281. The summed E-state index contributed by atoms with van der Waals surface area (Å²) in [5, 5.41) is 1.56. The molecule has 38 heavy (non-hydrogen) atoms. The van der Waals surface area contributed by atoms with Gasteiger partial charge >= 0.3 is 5.97 Å². The smallest absolute Gasteiger partial charge is 0.338 e. The van der Waals surface area contributed by atoms with Crippen LogP contribution in [0.2, 0.25) is 0 Å². The molecule has 1 heterocycles. The van der Waals surface area contributed by atoms with Gasteiger partial charge in [0.15, 0.2) is 6.29 Å². The van der Waals surface area contributed by atoms with E-state index in [0.29, 0.717) is 5.39 Å². The van der Waals surface area contributed by atoms with Gasteiger partial charge < -0.3 is 14.2 Å². The van der Waals surface area contributed by atoms with Gasteiger partial charge in [-0.05, 0) is 54.1 Å². The first kappa shape index (κ1) is 27.4. The molecule has 1 aliphatic heterocycles. The van der Waals surface area contributed by atoms with E-state index in [1.807, 2.05) is 12.1 Å². The molecule has 2 amide bonds. The van der Waals surface area contributed by atoms with E-state index in [1.54, 1.807) is 25.1 Å². The molecular formula is C27H28N2O8S. The fraction of sp³-hybridized carbons (Fsp3) is 0.296. The largest absolute Gasteiger partial charge is 0.462 e. The van der Waals surface area contributed by atoms with Crippen LogP contribution in [0.5, 0.6) is 0 Å². The second-order valence-electron chi connectivity index (χ2n) is 8.54. The van der Waals surface area contributed by atoms with E-state index in [0.717, 1.165) is 14.6 Å². The van der Waals surface area contributed by atoms with E-state index >= 15 is 0 Å². The van der Waals surface area contributed by atoms with Crippen molar-refractivity contribution in [2.24, 2.45) is 0 Å². The number of imide groups is 1. The van der Waals surface area contributed by atoms with Gasteiger partial charge in [0.2, 0.25) is 15.9 Å². The summed E-state index contributed by atoms with van der Waals surface area (Å²) in [6, 6.07) is 16.4. The predicted molar refractivity (Wildman–Crippen MR) is 139 cm³/mol. The van der Waals surface area contributed by atoms with Crippen molar-refractivity contribution in [3.63, 3.8) is 0 Å². The van der Waals surface area contributed by atoms with Crippen LogP contribution in [0.1, 0.15) is 23.7 Å². The number of ether oxygens (including phenoxy) is 3. The lowest BCUT2D eigenvalue weighted by Crippen LogP contribution is -2.49. The van der Waals surface area contributed by atoms with Crippen molar-refractivity contribution < 1.29 is 37.0 Å². The molecule has 0 spiro atoms. The third-order valence-corrected chi connectivity index (χ3v) is 8.16. The van der Waals surface area contributed by atoms with Crippen molar-refractivity contribution >= 4 is 44.3 Å². The number of carbonyl (C=O) groups is 3. The molecule has 0 N–H and O–H groups in total. The number of methoxy groups -OCH3 is 2. The lowest BCUT2D eigenvalue weighted by atomic mass is 10.1. The van der Waals surface area contributed by atoms with Gasteiger partial charge in [-0.3, -0.25) is 9.59 Å². The monoisotopic (exact) mass is 540 g/mol. The Morgan fingerprint density at radius 1 is 1.00 bits per heavy atom. The summed E-state index contributed by atoms with van der Waals surface area (Å²) >= 11 is 0. The summed E-state index contributed by atoms with van der Waals surface area (Å²) in [5.41, 5.74) is 0.475. The molecule has 3 aromatic carbocycles. The summed E-state index contributed by atoms with van der Waals surface area (Å²) in [6.07, 6.45) is -1.35. The van der Waals surface area contributed by atoms with Crippen molar-refractivity contribution in [2.45, 2.75) is 30.6 Å². The summed E-state index contributed by atoms with van der Waals surface area (Å²) in [5.74, 6) is -1.82. The number of rotatable bonds is 10. The average Bonchev–Trinajstić information content (AvgIpc) is 3.22. The van der Waals surface area contributed by atoms with Gasteiger partial charge in [-0.1, -0.05) is 30.3 Å². The number of hydrogen-bond donors (Lipinski definition) is 0. The molecule has 200 valence electrons. The fourth-order valence-electron chi connectivity index (χ4n) is 4.32. The lowest BCUT2D eigenvalue weighted by Gasteiger charge is -2.29. The molecule has 0 aromatic heterocycles. The first-order valence-electron chi connectivity index (χ1n) is 11.9. The normalized spacial score (nSPS) is 16.1. The third kappa shape index (κ3) is 5.32. The van der Waals surface area contributed by atoms with Crippen molar-refractivity contribution in [1.29, 1.82) is 0 Å². The molecular weight excluding hydrogens is 512 g/mol. The highest BCUT2D eigenvalue weighted by Gasteiger charge is 2.47. The molecule has 0 bridgehead atoms. The predicted octanol–water partition coefficient (Wildman–Crippen LogP) is 2.96. The van der Waals surface area contributed by atoms with Crippen molar-refractivity contribution in [2.75, 3.05) is 32.3 Å². The van der Waals surface area contributed by atoms with E-state index in [9.17, 15) is 22.8 Å². The second-order valence-corrected chi connectivity index (χ2v) is 10.4. The first-order valence-corrected chi connectivity index (χ1v) is 13.4. The van der Waals surface area contributed by atoms with Crippen molar-refractivity contribution in [3.8, 4) is 0 Å². The Morgan fingerprint density at radius 2 is 1.66 bits per heavy atom. The fourth-order valence-corrected chi connectivity index (χ4v) is 5.93. The third-order valence-electron chi connectivity index (χ3n) is 6.29. The molecule has 4 rings (SSSR count). The molecule has 0 aliphatic carbocycles. The van der Waals surface area contributed by atoms with Crippen LogP contribution in [-0.2, 0) is 33.8 Å². The maximum Gasteiger partial charge on any atom is 0.338 e. The van der Waals surface area contributed by atoms with E-state index in [1.165, 1.54) is 50.6 Å². The zero-order valence-corrected chi connectivity index (χ0v) is 22.0. The Balaban J connectivity index is 1.69. The van der Waals surface area contributed by atoms with Gasteiger partial charge in [-0.15, -0.1) is 0 Å². The van der Waals surface area contributed by atoms with Crippen LogP contribution in [0, 0.1) is 0 Å². The second kappa shape index (κ2) is 11.4. The van der Waals surface area contributed by atoms with Crippen LogP contribution in [0.15, 0.2) is 71.6 Å². The van der Waals surface area contributed by atoms with E-state index in [2.05, 4.69) is 0 Å². The molecule has 0 radical (unpaired) electrons. The van der Waals surface area contributed by atoms with Crippen LogP contribution in [0.4, 0.5) is 5.69 Å². The van der Waals surface area contributed by atoms with Gasteiger partial charge in [0.1, 0.15) is 6.04 Å². The van der Waals surface area contributed by atoms with Gasteiger partial charge in [0, 0.05) is 14.2 Å². The summed E-state index contributed by atoms with van der Waals surface area (Å²) < 4.78 is 44.2. The zero-order valence-electron chi connectivity index (χ0n) is 21.2. The van der Waals surface area contributed by atoms with Crippen LogP contribution < -0.4 is 4.90 Å². The summed E-state index contributed by atoms with van der Waals surface area (Å²) in [4.78, 5) is 39.4. The van der Waals surface area contributed by atoms with Gasteiger partial charge in [-0.2, -0.15) is 4.31 Å². The first-order chi connectivity index (χ1) is 18.2. The maximum atomic E-state index is 13.9. The Bertz CT molecular complexity index is 1450. The van der Waals surface area contributed by atoms with E-state index < -0.39 is 40.1 Å². The number of benzene rings is 3. The van der Waals surface area contributed by atoms with Crippen LogP contribution >= 0.6 is 0 Å². The molecule has 3 aromatic rings. The van der Waals surface area contributed by atoms with Crippen molar-refractivity contribution in [3.05, 3.63) is 72.3 Å². The van der Waals surface area contributed by atoms with E-state index in [-0.39, 0.29) is 35.7 Å². The molecule has 0 saturated carbocycles. The van der Waals surface area contributed by atoms with Crippen LogP contribution in [-0.4, -0.2) is 70.2 Å². The van der Waals surface area contributed by atoms with Gasteiger partial charge in [0.05, 0.1) is 35.7 Å². The molecule has 11 heteroatoms. The average molecular weight is 541 g/mol. The Labute approximate surface area is 220 Å². The van der Waals surface area contributed by atoms with Crippen LogP contribution in [0.25, 0.3) is 10.8 Å². The molecule has 1 unspecified atom stereocenters. The molecule has 1 aliphatic rings. The molecule has 10 nitrogen and oxygen atoms in total. The number of anilines is 1. The highest BCUT2D eigenvalue weighted by atomic mass is 32.2. The molecule has 1 atom stereocenters. The number of hydrogen-bond acceptors (Lipinski definition) is 8. The maximum absolute atomic E-state index is 13.9. The Morgan fingerprint density at radius 3 is 2.29 bits per heavy atom. The lowest BCUT2D eigenvalue weighted by molar-refractivity contribution is -0.125. The quantitative estimate of drug-likeness (QED) is 0.219. The van der Waals surface area contributed by atoms with Crippen molar-refractivity contribution in [1.82, 2.24) is 4.31 Å². The minimum Gasteiger partial charge on any atom is -0.462 e. The minimum atomic E-state index is -4.27. The number of nitrogens with zero attached hydrogens (tertiary/aromatic N) is 2. The van der Waals surface area contributed by atoms with E-state index in [4.69, 9.17) is 14.2 Å². The highest BCUT2D eigenvalue weighted by Crippen LogP contribution is 2.31. The number of amides is 2. The van der Waals surface area contributed by atoms with Gasteiger partial charge in [0.25, 0.3) is 5.91 Å².